The summed E-state index contributed by atoms with van der Waals surface area (Å²) in [5.41, 5.74) is 8.36. The molecule has 3 rings (SSSR count). The lowest BCUT2D eigenvalue weighted by Crippen LogP contribution is -2.15. The Balaban J connectivity index is 1.91. The molecule has 0 aromatic carbocycles. The summed E-state index contributed by atoms with van der Waals surface area (Å²) < 4.78 is 1.51. The fourth-order valence-corrected chi connectivity index (χ4v) is 2.45. The van der Waals surface area contributed by atoms with Crippen LogP contribution in [0.1, 0.15) is 22.8 Å². The highest BCUT2D eigenvalue weighted by Crippen LogP contribution is 2.13. The van der Waals surface area contributed by atoms with Crippen LogP contribution in [0.4, 0.5) is 5.13 Å². The summed E-state index contributed by atoms with van der Waals surface area (Å²) in [6.07, 6.45) is 1.68. The van der Waals surface area contributed by atoms with Gasteiger partial charge in [0, 0.05) is 18.6 Å². The van der Waals surface area contributed by atoms with E-state index in [4.69, 9.17) is 10.6 Å². The number of aromatic nitrogens is 6. The van der Waals surface area contributed by atoms with Crippen molar-refractivity contribution in [1.82, 2.24) is 30.2 Å². The molecule has 23 heavy (non-hydrogen) atoms. The molecule has 0 unspecified atom stereocenters. The Morgan fingerprint density at radius 1 is 1.48 bits per heavy atom. The number of rotatable bonds is 5. The Bertz CT molecular complexity index is 840. The highest BCUT2D eigenvalue weighted by molar-refractivity contribution is 7.13. The second-order valence-electron chi connectivity index (χ2n) is 4.69. The van der Waals surface area contributed by atoms with Crippen LogP contribution in [0.2, 0.25) is 0 Å². The van der Waals surface area contributed by atoms with Gasteiger partial charge in [0.15, 0.2) is 17.5 Å². The van der Waals surface area contributed by atoms with Gasteiger partial charge < -0.3 is 10.6 Å². The molecule has 0 radical (unpaired) electrons. The van der Waals surface area contributed by atoms with Crippen LogP contribution in [-0.2, 0) is 18.5 Å². The maximum absolute atomic E-state index is 5.59. The summed E-state index contributed by atoms with van der Waals surface area (Å²) >= 11 is 1.35. The van der Waals surface area contributed by atoms with E-state index in [1.807, 2.05) is 24.4 Å². The molecule has 0 spiro atoms. The zero-order chi connectivity index (χ0) is 16.2. The van der Waals surface area contributed by atoms with Gasteiger partial charge >= 0.3 is 0 Å². The number of hydrogen-bond acceptors (Lipinski definition) is 9. The van der Waals surface area contributed by atoms with E-state index in [2.05, 4.69) is 30.6 Å². The molecule has 0 amide bonds. The number of nitrogen functional groups attached to an aromatic ring is 1. The quantitative estimate of drug-likeness (QED) is 0.546. The fraction of sp³-hybridized carbons (Fsp3) is 0.231. The van der Waals surface area contributed by atoms with Gasteiger partial charge in [0.2, 0.25) is 5.82 Å². The van der Waals surface area contributed by atoms with Gasteiger partial charge in [-0.2, -0.15) is 0 Å². The molecule has 0 aliphatic rings. The second-order valence-corrected chi connectivity index (χ2v) is 5.58. The molecule has 3 aromatic heterocycles. The monoisotopic (exact) mass is 330 g/mol. The summed E-state index contributed by atoms with van der Waals surface area (Å²) in [4.78, 5) is 13.9. The zero-order valence-corrected chi connectivity index (χ0v) is 13.4. The Kier molecular flexibility index (Phi) is 4.24. The fourth-order valence-electron chi connectivity index (χ4n) is 1.91. The average molecular weight is 330 g/mol. The van der Waals surface area contributed by atoms with Crippen molar-refractivity contribution in [3.8, 4) is 0 Å². The number of tetrazole rings is 1. The number of thiazole rings is 1. The van der Waals surface area contributed by atoms with Crippen molar-refractivity contribution >= 4 is 22.2 Å². The van der Waals surface area contributed by atoms with E-state index in [0.717, 1.165) is 5.56 Å². The number of anilines is 1. The minimum Gasteiger partial charge on any atom is -0.389 e. The van der Waals surface area contributed by atoms with Gasteiger partial charge in [-0.1, -0.05) is 11.2 Å². The number of oxime groups is 1. The Hall–Kier alpha value is -2.88. The number of nitrogens with zero attached hydrogens (tertiary/aromatic N) is 7. The third-order valence-corrected chi connectivity index (χ3v) is 3.73. The van der Waals surface area contributed by atoms with Crippen molar-refractivity contribution in [2.75, 3.05) is 5.73 Å². The lowest BCUT2D eigenvalue weighted by atomic mass is 10.1. The minimum absolute atomic E-state index is 0.203. The third kappa shape index (κ3) is 3.31. The zero-order valence-electron chi connectivity index (χ0n) is 12.5. The van der Waals surface area contributed by atoms with Crippen molar-refractivity contribution < 1.29 is 4.84 Å². The van der Waals surface area contributed by atoms with Crippen LogP contribution in [0.25, 0.3) is 0 Å². The Morgan fingerprint density at radius 3 is 3.00 bits per heavy atom. The molecule has 0 saturated heterocycles. The smallest absolute Gasteiger partial charge is 0.206 e. The molecule has 118 valence electrons. The summed E-state index contributed by atoms with van der Waals surface area (Å²) in [7, 11) is 1.73. The van der Waals surface area contributed by atoms with E-state index < -0.39 is 0 Å². The maximum Gasteiger partial charge on any atom is 0.206 e. The third-order valence-electron chi connectivity index (χ3n) is 3.00. The summed E-state index contributed by atoms with van der Waals surface area (Å²) in [6, 6.07) is 3.78. The van der Waals surface area contributed by atoms with Crippen molar-refractivity contribution in [3.05, 3.63) is 46.5 Å². The Labute approximate surface area is 135 Å². The molecule has 0 fully saturated rings. The first-order valence-corrected chi connectivity index (χ1v) is 7.57. The van der Waals surface area contributed by atoms with Gasteiger partial charge in [0.25, 0.3) is 0 Å². The molecule has 0 saturated carbocycles. The second kappa shape index (κ2) is 6.48. The Morgan fingerprint density at radius 2 is 2.35 bits per heavy atom. The van der Waals surface area contributed by atoms with Crippen LogP contribution in [0.15, 0.2) is 28.9 Å². The van der Waals surface area contributed by atoms with Crippen molar-refractivity contribution in [1.29, 1.82) is 0 Å². The SMILES string of the molecule is Cc1cccnc1C(=NOCc1csc(N)n1)c1nnnn1C. The first-order valence-electron chi connectivity index (χ1n) is 6.69. The first-order chi connectivity index (χ1) is 11.1. The molecular weight excluding hydrogens is 316 g/mol. The lowest BCUT2D eigenvalue weighted by Gasteiger charge is -2.07. The predicted molar refractivity (Wildman–Crippen MR) is 84.7 cm³/mol. The molecule has 0 aliphatic heterocycles. The molecule has 2 N–H and O–H groups in total. The highest BCUT2D eigenvalue weighted by atomic mass is 32.1. The van der Waals surface area contributed by atoms with E-state index in [1.165, 1.54) is 16.0 Å². The average Bonchev–Trinajstić information content (AvgIpc) is 3.13. The van der Waals surface area contributed by atoms with Crippen molar-refractivity contribution in [2.45, 2.75) is 13.5 Å². The first kappa shape index (κ1) is 15.0. The van der Waals surface area contributed by atoms with Crippen LogP contribution in [0.3, 0.4) is 0 Å². The van der Waals surface area contributed by atoms with Crippen LogP contribution < -0.4 is 5.73 Å². The van der Waals surface area contributed by atoms with Gasteiger partial charge in [0.05, 0.1) is 11.4 Å². The number of hydrogen-bond donors (Lipinski definition) is 1. The normalized spacial score (nSPS) is 11.7. The molecular formula is C13H14N8OS. The van der Waals surface area contributed by atoms with Gasteiger partial charge in [-0.25, -0.2) is 9.67 Å². The van der Waals surface area contributed by atoms with Gasteiger partial charge in [-0.15, -0.1) is 16.4 Å². The van der Waals surface area contributed by atoms with Crippen LogP contribution in [0.5, 0.6) is 0 Å². The highest BCUT2D eigenvalue weighted by Gasteiger charge is 2.18. The summed E-state index contributed by atoms with van der Waals surface area (Å²) in [5.74, 6) is 0.463. The van der Waals surface area contributed by atoms with Gasteiger partial charge in [-0.3, -0.25) is 4.98 Å². The maximum atomic E-state index is 5.59. The van der Waals surface area contributed by atoms with Crippen molar-refractivity contribution in [3.63, 3.8) is 0 Å². The molecule has 3 heterocycles. The standard InChI is InChI=1S/C13H14N8OS/c1-8-4-3-5-15-10(8)11(12-17-19-20-21(12)2)18-22-6-9-7-23-13(14)16-9/h3-5,7H,6H2,1-2H3,(H2,14,16). The van der Waals surface area contributed by atoms with E-state index in [0.29, 0.717) is 28.1 Å². The van der Waals surface area contributed by atoms with Crippen LogP contribution >= 0.6 is 11.3 Å². The molecule has 0 aliphatic carbocycles. The van der Waals surface area contributed by atoms with E-state index in [1.54, 1.807) is 13.2 Å². The molecule has 0 atom stereocenters. The number of pyridine rings is 1. The topological polar surface area (TPSA) is 117 Å². The predicted octanol–water partition coefficient (Wildman–Crippen LogP) is 0.921. The van der Waals surface area contributed by atoms with Crippen molar-refractivity contribution in [2.24, 2.45) is 12.2 Å². The largest absolute Gasteiger partial charge is 0.389 e. The molecule has 0 bridgehead atoms. The molecule has 3 aromatic rings. The van der Waals surface area contributed by atoms with E-state index in [9.17, 15) is 0 Å². The minimum atomic E-state index is 0.203. The van der Waals surface area contributed by atoms with Crippen LogP contribution in [0, 0.1) is 6.92 Å². The van der Waals surface area contributed by atoms with E-state index in [-0.39, 0.29) is 6.61 Å². The van der Waals surface area contributed by atoms with Gasteiger partial charge in [-0.05, 0) is 29.0 Å². The van der Waals surface area contributed by atoms with Gasteiger partial charge in [0.1, 0.15) is 0 Å². The molecule has 9 nitrogen and oxygen atoms in total. The summed E-state index contributed by atoms with van der Waals surface area (Å²) in [5, 5.41) is 17.9. The van der Waals surface area contributed by atoms with E-state index >= 15 is 0 Å². The number of aryl methyl sites for hydroxylation is 2. The molecule has 10 heteroatoms. The number of nitrogens with two attached hydrogens (primary N) is 1. The lowest BCUT2D eigenvalue weighted by molar-refractivity contribution is 0.128. The van der Waals surface area contributed by atoms with Crippen LogP contribution in [-0.4, -0.2) is 35.9 Å². The summed E-state index contributed by atoms with van der Waals surface area (Å²) in [6.45, 7) is 2.14.